The van der Waals surface area contributed by atoms with Gasteiger partial charge >= 0.3 is 6.09 Å². The highest BCUT2D eigenvalue weighted by Crippen LogP contribution is 2.12. The SMILES string of the molecule is C=C(C)C(=O)N1CC(C)OC1=O. The zero-order valence-corrected chi connectivity index (χ0v) is 7.16. The van der Waals surface area contributed by atoms with Crippen molar-refractivity contribution in [3.8, 4) is 0 Å². The van der Waals surface area contributed by atoms with Crippen molar-refractivity contribution in [2.75, 3.05) is 6.54 Å². The number of rotatable bonds is 1. The summed E-state index contributed by atoms with van der Waals surface area (Å²) in [7, 11) is 0. The van der Waals surface area contributed by atoms with Crippen molar-refractivity contribution in [1.29, 1.82) is 0 Å². The normalized spacial score (nSPS) is 22.3. The van der Waals surface area contributed by atoms with Gasteiger partial charge in [-0.2, -0.15) is 0 Å². The van der Waals surface area contributed by atoms with Crippen LogP contribution in [0.2, 0.25) is 0 Å². The van der Waals surface area contributed by atoms with Crippen LogP contribution in [0, 0.1) is 0 Å². The van der Waals surface area contributed by atoms with Gasteiger partial charge in [0.1, 0.15) is 6.10 Å². The molecular weight excluding hydrogens is 158 g/mol. The third-order valence-electron chi connectivity index (χ3n) is 1.57. The summed E-state index contributed by atoms with van der Waals surface area (Å²) < 4.78 is 4.77. The Morgan fingerprint density at radius 2 is 2.33 bits per heavy atom. The van der Waals surface area contributed by atoms with E-state index in [9.17, 15) is 9.59 Å². The van der Waals surface area contributed by atoms with Crippen LogP contribution in [-0.4, -0.2) is 29.5 Å². The molecule has 0 aromatic rings. The van der Waals surface area contributed by atoms with E-state index in [1.807, 2.05) is 0 Å². The average Bonchev–Trinajstić information content (AvgIpc) is 2.28. The van der Waals surface area contributed by atoms with Crippen molar-refractivity contribution < 1.29 is 14.3 Å². The van der Waals surface area contributed by atoms with Gasteiger partial charge in [0, 0.05) is 5.57 Å². The van der Waals surface area contributed by atoms with Crippen LogP contribution >= 0.6 is 0 Å². The second-order valence-electron chi connectivity index (χ2n) is 2.89. The predicted molar refractivity (Wildman–Crippen MR) is 42.5 cm³/mol. The number of imide groups is 1. The maximum Gasteiger partial charge on any atom is 0.417 e. The van der Waals surface area contributed by atoms with E-state index < -0.39 is 6.09 Å². The Kier molecular flexibility index (Phi) is 2.17. The molecule has 1 rings (SSSR count). The van der Waals surface area contributed by atoms with Crippen LogP contribution in [0.1, 0.15) is 13.8 Å². The molecule has 66 valence electrons. The van der Waals surface area contributed by atoms with Crippen LogP contribution in [-0.2, 0) is 9.53 Å². The highest BCUT2D eigenvalue weighted by atomic mass is 16.6. The highest BCUT2D eigenvalue weighted by molar-refractivity contribution is 6.02. The van der Waals surface area contributed by atoms with Gasteiger partial charge in [0.05, 0.1) is 6.54 Å². The van der Waals surface area contributed by atoms with E-state index in [1.54, 1.807) is 13.8 Å². The largest absolute Gasteiger partial charge is 0.444 e. The van der Waals surface area contributed by atoms with Gasteiger partial charge in [0.25, 0.3) is 5.91 Å². The van der Waals surface area contributed by atoms with E-state index in [0.29, 0.717) is 12.1 Å². The van der Waals surface area contributed by atoms with E-state index in [1.165, 1.54) is 0 Å². The molecule has 1 heterocycles. The number of carbonyl (C=O) groups is 2. The first-order chi connectivity index (χ1) is 5.52. The summed E-state index contributed by atoms with van der Waals surface area (Å²) >= 11 is 0. The first kappa shape index (κ1) is 8.77. The number of nitrogens with zero attached hydrogens (tertiary/aromatic N) is 1. The molecule has 0 spiro atoms. The molecule has 0 aromatic carbocycles. The number of carbonyl (C=O) groups excluding carboxylic acids is 2. The second kappa shape index (κ2) is 2.97. The first-order valence-corrected chi connectivity index (χ1v) is 3.70. The standard InChI is InChI=1S/C8H11NO3/c1-5(2)7(10)9-4-6(3)12-8(9)11/h6H,1,4H2,2-3H3. The maximum absolute atomic E-state index is 11.2. The number of ether oxygens (including phenoxy) is 1. The van der Waals surface area contributed by atoms with Gasteiger partial charge in [-0.05, 0) is 13.8 Å². The van der Waals surface area contributed by atoms with Crippen LogP contribution in [0.25, 0.3) is 0 Å². The van der Waals surface area contributed by atoms with Crippen LogP contribution in [0.5, 0.6) is 0 Å². The molecule has 4 heteroatoms. The summed E-state index contributed by atoms with van der Waals surface area (Å²) in [6.45, 7) is 7.09. The molecule has 4 nitrogen and oxygen atoms in total. The van der Waals surface area contributed by atoms with Gasteiger partial charge in [0.15, 0.2) is 0 Å². The average molecular weight is 169 g/mol. The van der Waals surface area contributed by atoms with Crippen LogP contribution in [0.3, 0.4) is 0 Å². The van der Waals surface area contributed by atoms with Crippen molar-refractivity contribution in [3.05, 3.63) is 12.2 Å². The molecule has 1 saturated heterocycles. The third kappa shape index (κ3) is 1.47. The van der Waals surface area contributed by atoms with Crippen LogP contribution in [0.15, 0.2) is 12.2 Å². The van der Waals surface area contributed by atoms with Crippen LogP contribution in [0.4, 0.5) is 4.79 Å². The summed E-state index contributed by atoms with van der Waals surface area (Å²) in [5.74, 6) is -0.357. The lowest BCUT2D eigenvalue weighted by atomic mass is 10.3. The van der Waals surface area contributed by atoms with Gasteiger partial charge in [0.2, 0.25) is 0 Å². The minimum atomic E-state index is -0.574. The lowest BCUT2D eigenvalue weighted by molar-refractivity contribution is -0.123. The third-order valence-corrected chi connectivity index (χ3v) is 1.57. The minimum Gasteiger partial charge on any atom is -0.444 e. The van der Waals surface area contributed by atoms with Crippen molar-refractivity contribution in [3.63, 3.8) is 0 Å². The van der Waals surface area contributed by atoms with Gasteiger partial charge < -0.3 is 4.74 Å². The van der Waals surface area contributed by atoms with E-state index >= 15 is 0 Å². The lowest BCUT2D eigenvalue weighted by Crippen LogP contribution is -2.32. The fraction of sp³-hybridized carbons (Fsp3) is 0.500. The van der Waals surface area contributed by atoms with E-state index in [0.717, 1.165) is 4.90 Å². The summed E-state index contributed by atoms with van der Waals surface area (Å²) in [5.41, 5.74) is 0.348. The fourth-order valence-corrected chi connectivity index (χ4v) is 1.00. The molecule has 12 heavy (non-hydrogen) atoms. The summed E-state index contributed by atoms with van der Waals surface area (Å²) in [5, 5.41) is 0. The molecule has 1 atom stereocenters. The van der Waals surface area contributed by atoms with E-state index in [-0.39, 0.29) is 12.0 Å². The van der Waals surface area contributed by atoms with E-state index in [4.69, 9.17) is 4.74 Å². The van der Waals surface area contributed by atoms with Crippen molar-refractivity contribution in [1.82, 2.24) is 4.90 Å². The van der Waals surface area contributed by atoms with Gasteiger partial charge in [-0.15, -0.1) is 0 Å². The lowest BCUT2D eigenvalue weighted by Gasteiger charge is -2.09. The van der Waals surface area contributed by atoms with Crippen molar-refractivity contribution >= 4 is 12.0 Å². The Balaban J connectivity index is 2.71. The fourth-order valence-electron chi connectivity index (χ4n) is 1.00. The quantitative estimate of drug-likeness (QED) is 0.548. The Morgan fingerprint density at radius 1 is 1.75 bits per heavy atom. The van der Waals surface area contributed by atoms with Gasteiger partial charge in [-0.25, -0.2) is 9.69 Å². The zero-order chi connectivity index (χ0) is 9.30. The highest BCUT2D eigenvalue weighted by Gasteiger charge is 2.33. The van der Waals surface area contributed by atoms with Crippen molar-refractivity contribution in [2.45, 2.75) is 20.0 Å². The molecule has 0 bridgehead atoms. The molecule has 0 aliphatic carbocycles. The molecule has 1 fully saturated rings. The first-order valence-electron chi connectivity index (χ1n) is 3.70. The smallest absolute Gasteiger partial charge is 0.417 e. The molecule has 1 unspecified atom stereocenters. The Labute approximate surface area is 70.8 Å². The topological polar surface area (TPSA) is 46.6 Å². The maximum atomic E-state index is 11.2. The predicted octanol–water partition coefficient (Wildman–Crippen LogP) is 0.930. The number of hydrogen-bond donors (Lipinski definition) is 0. The second-order valence-corrected chi connectivity index (χ2v) is 2.89. The molecule has 1 aliphatic rings. The molecule has 0 radical (unpaired) electrons. The van der Waals surface area contributed by atoms with Gasteiger partial charge in [-0.1, -0.05) is 6.58 Å². The molecule has 0 saturated carbocycles. The summed E-state index contributed by atoms with van der Waals surface area (Å²) in [6.07, 6.45) is -0.781. The van der Waals surface area contributed by atoms with Crippen LogP contribution < -0.4 is 0 Å². The molecule has 0 N–H and O–H groups in total. The van der Waals surface area contributed by atoms with Crippen molar-refractivity contribution in [2.24, 2.45) is 0 Å². The molecular formula is C8H11NO3. The van der Waals surface area contributed by atoms with E-state index in [2.05, 4.69) is 6.58 Å². The number of amides is 2. The zero-order valence-electron chi connectivity index (χ0n) is 7.16. The molecule has 0 aromatic heterocycles. The summed E-state index contributed by atoms with van der Waals surface area (Å²) in [4.78, 5) is 23.3. The monoisotopic (exact) mass is 169 g/mol. The molecule has 1 aliphatic heterocycles. The molecule has 2 amide bonds. The van der Waals surface area contributed by atoms with Gasteiger partial charge in [-0.3, -0.25) is 4.79 Å². The summed E-state index contributed by atoms with van der Waals surface area (Å²) in [6, 6.07) is 0. The number of hydrogen-bond acceptors (Lipinski definition) is 3. The Morgan fingerprint density at radius 3 is 2.67 bits per heavy atom. The Bertz CT molecular complexity index is 247. The Hall–Kier alpha value is -1.32. The minimum absolute atomic E-state index is 0.208. The number of cyclic esters (lactones) is 1.